The predicted molar refractivity (Wildman–Crippen MR) is 127 cm³/mol. The molecule has 0 atom stereocenters. The molecule has 1 fully saturated rings. The van der Waals surface area contributed by atoms with Crippen molar-refractivity contribution in [1.29, 1.82) is 0 Å². The van der Waals surface area contributed by atoms with Crippen molar-refractivity contribution in [2.45, 2.75) is 65.9 Å². The van der Waals surface area contributed by atoms with Crippen molar-refractivity contribution in [1.82, 2.24) is 0 Å². The first-order chi connectivity index (χ1) is 14.0. The molecular formula is C25H32BrNO2. The van der Waals surface area contributed by atoms with Crippen LogP contribution >= 0.6 is 15.9 Å². The molecule has 0 aliphatic heterocycles. The summed E-state index contributed by atoms with van der Waals surface area (Å²) in [4.78, 5) is 5.21. The number of benzene rings is 1. The minimum absolute atomic E-state index is 0.200. The highest BCUT2D eigenvalue weighted by atomic mass is 79.9. The number of hydrogen-bond donors (Lipinski definition) is 0. The molecule has 4 heteroatoms. The van der Waals surface area contributed by atoms with Gasteiger partial charge in [-0.1, -0.05) is 36.4 Å². The maximum Gasteiger partial charge on any atom is 0.137 e. The Morgan fingerprint density at radius 3 is 2.69 bits per heavy atom. The number of nitrogens with zero attached hydrogens (tertiary/aromatic N) is 1. The summed E-state index contributed by atoms with van der Waals surface area (Å²) in [5.74, 6) is 0.943. The third-order valence-electron chi connectivity index (χ3n) is 5.28. The van der Waals surface area contributed by atoms with Gasteiger partial charge in [0.1, 0.15) is 12.4 Å². The van der Waals surface area contributed by atoms with E-state index in [0.717, 1.165) is 53.6 Å². The minimum Gasteiger partial charge on any atom is -0.489 e. The highest BCUT2D eigenvalue weighted by Gasteiger charge is 2.22. The van der Waals surface area contributed by atoms with Crippen molar-refractivity contribution < 1.29 is 9.57 Å². The van der Waals surface area contributed by atoms with Crippen LogP contribution in [0.4, 0.5) is 0 Å². The monoisotopic (exact) mass is 457 g/mol. The van der Waals surface area contributed by atoms with E-state index in [1.54, 1.807) is 6.08 Å². The second-order valence-electron chi connectivity index (χ2n) is 7.43. The average Bonchev–Trinajstić information content (AvgIpc) is 2.73. The van der Waals surface area contributed by atoms with Gasteiger partial charge in [-0.2, -0.15) is 0 Å². The molecule has 1 aromatic rings. The van der Waals surface area contributed by atoms with Crippen molar-refractivity contribution in [3.05, 3.63) is 63.3 Å². The van der Waals surface area contributed by atoms with E-state index in [2.05, 4.69) is 73.2 Å². The molecule has 2 rings (SSSR count). The van der Waals surface area contributed by atoms with Gasteiger partial charge >= 0.3 is 0 Å². The summed E-state index contributed by atoms with van der Waals surface area (Å²) in [6.07, 6.45) is 12.8. The highest BCUT2D eigenvalue weighted by Crippen LogP contribution is 2.36. The second-order valence-corrected chi connectivity index (χ2v) is 8.28. The molecule has 0 bridgehead atoms. The lowest BCUT2D eigenvalue weighted by molar-refractivity contribution is 0.159. The first-order valence-electron chi connectivity index (χ1n) is 10.3. The van der Waals surface area contributed by atoms with Gasteiger partial charge in [0.05, 0.1) is 16.3 Å². The number of ether oxygens (including phenoxy) is 1. The molecule has 1 aromatic carbocycles. The maximum atomic E-state index is 6.39. The molecule has 1 aliphatic carbocycles. The van der Waals surface area contributed by atoms with E-state index >= 15 is 0 Å². The Kier molecular flexibility index (Phi) is 9.50. The second kappa shape index (κ2) is 11.8. The van der Waals surface area contributed by atoms with Gasteiger partial charge in [-0.05, 0) is 104 Å². The van der Waals surface area contributed by atoms with Crippen LogP contribution in [0.5, 0.6) is 5.75 Å². The van der Waals surface area contributed by atoms with Gasteiger partial charge in [-0.25, -0.2) is 0 Å². The summed E-state index contributed by atoms with van der Waals surface area (Å²) in [6, 6.07) is 2.12. The topological polar surface area (TPSA) is 30.8 Å². The number of halogens is 1. The Hall–Kier alpha value is -2.03. The molecule has 156 valence electrons. The summed E-state index contributed by atoms with van der Waals surface area (Å²) >= 11 is 3.71. The number of oxime groups is 1. The van der Waals surface area contributed by atoms with Crippen LogP contribution in [0.3, 0.4) is 0 Å². The molecule has 0 heterocycles. The first-order valence-corrected chi connectivity index (χ1v) is 11.1. The van der Waals surface area contributed by atoms with E-state index in [1.807, 2.05) is 12.2 Å². The summed E-state index contributed by atoms with van der Waals surface area (Å²) in [6.45, 7) is 12.6. The normalized spacial score (nSPS) is 16.7. The lowest BCUT2D eigenvalue weighted by Crippen LogP contribution is -2.25. The summed E-state index contributed by atoms with van der Waals surface area (Å²) in [5.41, 5.74) is 9.26. The fourth-order valence-corrected chi connectivity index (χ4v) is 3.74. The quantitative estimate of drug-likeness (QED) is 0.133. The van der Waals surface area contributed by atoms with Crippen LogP contribution in [0.25, 0.3) is 6.08 Å². The molecule has 0 spiro atoms. The van der Waals surface area contributed by atoms with Crippen molar-refractivity contribution in [3.8, 4) is 5.75 Å². The van der Waals surface area contributed by atoms with Crippen molar-refractivity contribution in [2.75, 3.05) is 6.61 Å². The minimum atomic E-state index is 0.200. The standard InChI is InChI=1S/C25H32BrNO2/c1-6-16-28-27-22-12-14-23(15-13-22)29-25-20(5)19(4)21(17-24(25)26)11-9-8-10-18(3)7-2/h6,8,10-11,17,23H,1,7,12-16H2,2-5H3. The van der Waals surface area contributed by atoms with Gasteiger partial charge in [-0.3, -0.25) is 0 Å². The zero-order chi connectivity index (χ0) is 21.2. The van der Waals surface area contributed by atoms with Gasteiger partial charge in [0.25, 0.3) is 0 Å². The Morgan fingerprint density at radius 2 is 2.03 bits per heavy atom. The van der Waals surface area contributed by atoms with Crippen LogP contribution in [0.2, 0.25) is 0 Å². The third-order valence-corrected chi connectivity index (χ3v) is 5.87. The number of allylic oxidation sites excluding steroid dienone is 3. The Balaban J connectivity index is 2.08. The number of hydrogen-bond acceptors (Lipinski definition) is 3. The van der Waals surface area contributed by atoms with E-state index in [1.165, 1.54) is 16.7 Å². The lowest BCUT2D eigenvalue weighted by atomic mass is 9.95. The van der Waals surface area contributed by atoms with Crippen LogP contribution in [-0.2, 0) is 4.84 Å². The Labute approximate surface area is 184 Å². The molecule has 0 unspecified atom stereocenters. The SMILES string of the molecule is C=CCON=C1CCC(Oc2c(Br)cc(C=C=CC=C(C)CC)c(C)c2C)CC1. The van der Waals surface area contributed by atoms with E-state index in [9.17, 15) is 0 Å². The molecule has 3 nitrogen and oxygen atoms in total. The average molecular weight is 458 g/mol. The van der Waals surface area contributed by atoms with Gasteiger partial charge in [0, 0.05) is 0 Å². The maximum absolute atomic E-state index is 6.39. The smallest absolute Gasteiger partial charge is 0.137 e. The highest BCUT2D eigenvalue weighted by molar-refractivity contribution is 9.10. The molecular weight excluding hydrogens is 426 g/mol. The molecule has 1 saturated carbocycles. The van der Waals surface area contributed by atoms with Crippen LogP contribution in [0, 0.1) is 13.8 Å². The van der Waals surface area contributed by atoms with E-state index in [4.69, 9.17) is 9.57 Å². The number of rotatable bonds is 8. The fraction of sp³-hybridized carbons (Fsp3) is 0.440. The molecule has 1 aliphatic rings. The van der Waals surface area contributed by atoms with Crippen LogP contribution in [0.15, 0.2) is 51.8 Å². The predicted octanol–water partition coefficient (Wildman–Crippen LogP) is 7.47. The van der Waals surface area contributed by atoms with E-state index < -0.39 is 0 Å². The Morgan fingerprint density at radius 1 is 1.31 bits per heavy atom. The summed E-state index contributed by atoms with van der Waals surface area (Å²) in [5, 5.41) is 4.19. The lowest BCUT2D eigenvalue weighted by Gasteiger charge is -2.26. The molecule has 29 heavy (non-hydrogen) atoms. The molecule has 0 amide bonds. The van der Waals surface area contributed by atoms with E-state index in [-0.39, 0.29) is 6.10 Å². The fourth-order valence-electron chi connectivity index (χ4n) is 3.10. The van der Waals surface area contributed by atoms with Gasteiger partial charge in [0.2, 0.25) is 0 Å². The first kappa shape index (κ1) is 23.3. The summed E-state index contributed by atoms with van der Waals surface area (Å²) in [7, 11) is 0. The van der Waals surface area contributed by atoms with Crippen LogP contribution in [-0.4, -0.2) is 18.4 Å². The van der Waals surface area contributed by atoms with Crippen molar-refractivity contribution >= 4 is 27.7 Å². The third kappa shape index (κ3) is 7.06. The largest absolute Gasteiger partial charge is 0.489 e. The summed E-state index contributed by atoms with van der Waals surface area (Å²) < 4.78 is 7.38. The molecule has 0 saturated heterocycles. The van der Waals surface area contributed by atoms with Gasteiger partial charge in [0.15, 0.2) is 0 Å². The Bertz CT molecular complexity index is 835. The van der Waals surface area contributed by atoms with E-state index in [0.29, 0.717) is 6.61 Å². The van der Waals surface area contributed by atoms with Gasteiger partial charge in [-0.15, -0.1) is 5.73 Å². The molecule has 0 radical (unpaired) electrons. The molecule has 0 aromatic heterocycles. The van der Waals surface area contributed by atoms with Crippen LogP contribution < -0.4 is 4.74 Å². The molecule has 0 N–H and O–H groups in total. The van der Waals surface area contributed by atoms with Crippen molar-refractivity contribution in [2.24, 2.45) is 5.16 Å². The van der Waals surface area contributed by atoms with Gasteiger partial charge < -0.3 is 9.57 Å². The zero-order valence-electron chi connectivity index (χ0n) is 18.1. The zero-order valence-corrected chi connectivity index (χ0v) is 19.6. The van der Waals surface area contributed by atoms with Crippen LogP contribution in [0.1, 0.15) is 62.6 Å². The van der Waals surface area contributed by atoms with Crippen molar-refractivity contribution in [3.63, 3.8) is 0 Å².